The van der Waals surface area contributed by atoms with Gasteiger partial charge in [0.2, 0.25) is 5.91 Å². The predicted molar refractivity (Wildman–Crippen MR) is 53.5 cm³/mol. The Balaban J connectivity index is 2.43. The number of rotatable bonds is 3. The van der Waals surface area contributed by atoms with Gasteiger partial charge in [0.25, 0.3) is 0 Å². The number of terminal acetylenes is 1. The van der Waals surface area contributed by atoms with Gasteiger partial charge in [0.1, 0.15) is 0 Å². The zero-order valence-corrected chi connectivity index (χ0v) is 8.36. The maximum absolute atomic E-state index is 11.5. The molecule has 2 N–H and O–H groups in total. The molecule has 14 heavy (non-hydrogen) atoms. The molecule has 4 heteroatoms. The molecule has 0 aliphatic carbocycles. The van der Waals surface area contributed by atoms with Gasteiger partial charge in [0.05, 0.1) is 12.1 Å². The third-order valence-electron chi connectivity index (χ3n) is 2.53. The SMILES string of the molecule is C#CCCC(=O)N(C)[C@H]1CNC[C@@H]1O. The molecular formula is C10H16N2O2. The summed E-state index contributed by atoms with van der Waals surface area (Å²) in [6.07, 6.45) is 5.43. The molecule has 0 spiro atoms. The highest BCUT2D eigenvalue weighted by Gasteiger charge is 2.30. The lowest BCUT2D eigenvalue weighted by atomic mass is 10.1. The van der Waals surface area contributed by atoms with Crippen LogP contribution in [0.2, 0.25) is 0 Å². The molecule has 0 bridgehead atoms. The van der Waals surface area contributed by atoms with E-state index in [1.807, 2.05) is 0 Å². The van der Waals surface area contributed by atoms with E-state index in [-0.39, 0.29) is 11.9 Å². The molecule has 1 saturated heterocycles. The van der Waals surface area contributed by atoms with Gasteiger partial charge in [0, 0.05) is 33.0 Å². The molecule has 2 atom stereocenters. The smallest absolute Gasteiger partial charge is 0.223 e. The fourth-order valence-corrected chi connectivity index (χ4v) is 1.59. The summed E-state index contributed by atoms with van der Waals surface area (Å²) >= 11 is 0. The number of hydrogen-bond acceptors (Lipinski definition) is 3. The van der Waals surface area contributed by atoms with Crippen LogP contribution in [0, 0.1) is 12.3 Å². The van der Waals surface area contributed by atoms with Crippen molar-refractivity contribution in [3.05, 3.63) is 0 Å². The first-order valence-corrected chi connectivity index (χ1v) is 4.74. The van der Waals surface area contributed by atoms with Gasteiger partial charge < -0.3 is 15.3 Å². The van der Waals surface area contributed by atoms with Gasteiger partial charge in [-0.3, -0.25) is 4.79 Å². The van der Waals surface area contributed by atoms with Crippen LogP contribution in [0.25, 0.3) is 0 Å². The molecule has 0 aromatic carbocycles. The molecule has 1 aliphatic heterocycles. The van der Waals surface area contributed by atoms with E-state index < -0.39 is 6.10 Å². The largest absolute Gasteiger partial charge is 0.390 e. The van der Waals surface area contributed by atoms with E-state index in [4.69, 9.17) is 6.42 Å². The molecule has 1 heterocycles. The Morgan fingerprint density at radius 3 is 2.93 bits per heavy atom. The maximum atomic E-state index is 11.5. The van der Waals surface area contributed by atoms with Crippen molar-refractivity contribution in [1.29, 1.82) is 0 Å². The van der Waals surface area contributed by atoms with Crippen molar-refractivity contribution in [3.8, 4) is 12.3 Å². The first-order valence-electron chi connectivity index (χ1n) is 4.74. The van der Waals surface area contributed by atoms with Gasteiger partial charge in [-0.25, -0.2) is 0 Å². The zero-order chi connectivity index (χ0) is 10.6. The highest BCUT2D eigenvalue weighted by Crippen LogP contribution is 2.09. The summed E-state index contributed by atoms with van der Waals surface area (Å²) in [5, 5.41) is 12.6. The van der Waals surface area contributed by atoms with Crippen LogP contribution in [0.15, 0.2) is 0 Å². The van der Waals surface area contributed by atoms with Gasteiger partial charge in [-0.2, -0.15) is 0 Å². The summed E-state index contributed by atoms with van der Waals surface area (Å²) in [6.45, 7) is 1.21. The average molecular weight is 196 g/mol. The second-order valence-corrected chi connectivity index (χ2v) is 3.50. The van der Waals surface area contributed by atoms with Gasteiger partial charge in [-0.1, -0.05) is 0 Å². The Morgan fingerprint density at radius 1 is 1.71 bits per heavy atom. The van der Waals surface area contributed by atoms with Crippen molar-refractivity contribution in [2.45, 2.75) is 25.0 Å². The molecule has 1 aliphatic rings. The number of carbonyl (C=O) groups is 1. The van der Waals surface area contributed by atoms with E-state index in [1.165, 1.54) is 0 Å². The van der Waals surface area contributed by atoms with Crippen LogP contribution < -0.4 is 5.32 Å². The minimum absolute atomic E-state index is 0.00398. The van der Waals surface area contributed by atoms with Crippen LogP contribution in [0.4, 0.5) is 0 Å². The number of nitrogens with one attached hydrogen (secondary N) is 1. The average Bonchev–Trinajstić information content (AvgIpc) is 2.59. The molecule has 4 nitrogen and oxygen atoms in total. The van der Waals surface area contributed by atoms with Crippen molar-refractivity contribution in [1.82, 2.24) is 10.2 Å². The van der Waals surface area contributed by atoms with Crippen LogP contribution in [-0.2, 0) is 4.79 Å². The first kappa shape index (κ1) is 11.0. The van der Waals surface area contributed by atoms with Crippen molar-refractivity contribution < 1.29 is 9.90 Å². The van der Waals surface area contributed by atoms with Gasteiger partial charge in [-0.05, 0) is 0 Å². The molecule has 0 saturated carbocycles. The summed E-state index contributed by atoms with van der Waals surface area (Å²) < 4.78 is 0. The van der Waals surface area contributed by atoms with E-state index in [0.717, 1.165) is 0 Å². The maximum Gasteiger partial charge on any atom is 0.223 e. The molecule has 78 valence electrons. The number of β-amino-alcohol motifs (C(OH)–C–C–N with tert-alkyl or cyclic N) is 1. The molecule has 0 radical (unpaired) electrons. The Bertz CT molecular complexity index is 247. The number of aliphatic hydroxyl groups is 1. The summed E-state index contributed by atoms with van der Waals surface area (Å²) in [6, 6.07) is -0.111. The quantitative estimate of drug-likeness (QED) is 0.581. The topological polar surface area (TPSA) is 52.6 Å². The van der Waals surface area contributed by atoms with Crippen LogP contribution in [-0.4, -0.2) is 48.2 Å². The standard InChI is InChI=1S/C10H16N2O2/c1-3-4-5-10(14)12(2)8-6-11-7-9(8)13/h1,8-9,11,13H,4-7H2,2H3/t8-,9-/m0/s1. The van der Waals surface area contributed by atoms with Crippen LogP contribution in [0.5, 0.6) is 0 Å². The molecule has 0 aromatic heterocycles. The number of likely N-dealkylation sites (N-methyl/N-ethyl adjacent to an activating group) is 1. The van der Waals surface area contributed by atoms with Gasteiger partial charge >= 0.3 is 0 Å². The Kier molecular flexibility index (Phi) is 3.93. The monoisotopic (exact) mass is 196 g/mol. The summed E-state index contributed by atoms with van der Waals surface area (Å²) in [7, 11) is 1.71. The second-order valence-electron chi connectivity index (χ2n) is 3.50. The number of aliphatic hydroxyl groups excluding tert-OH is 1. The fourth-order valence-electron chi connectivity index (χ4n) is 1.59. The van der Waals surface area contributed by atoms with Crippen molar-refractivity contribution in [2.75, 3.05) is 20.1 Å². The number of hydrogen-bond donors (Lipinski definition) is 2. The zero-order valence-electron chi connectivity index (χ0n) is 8.36. The van der Waals surface area contributed by atoms with Crippen LogP contribution in [0.1, 0.15) is 12.8 Å². The van der Waals surface area contributed by atoms with Crippen LogP contribution >= 0.6 is 0 Å². The van der Waals surface area contributed by atoms with E-state index in [1.54, 1.807) is 11.9 Å². The lowest BCUT2D eigenvalue weighted by Gasteiger charge is -2.26. The van der Waals surface area contributed by atoms with E-state index in [0.29, 0.717) is 25.9 Å². The van der Waals surface area contributed by atoms with E-state index in [9.17, 15) is 9.90 Å². The third-order valence-corrected chi connectivity index (χ3v) is 2.53. The lowest BCUT2D eigenvalue weighted by molar-refractivity contribution is -0.133. The Morgan fingerprint density at radius 2 is 2.43 bits per heavy atom. The minimum atomic E-state index is -0.463. The predicted octanol–water partition coefficient (Wildman–Crippen LogP) is -0.809. The van der Waals surface area contributed by atoms with E-state index >= 15 is 0 Å². The first-order chi connectivity index (χ1) is 6.66. The number of nitrogens with zero attached hydrogens (tertiary/aromatic N) is 1. The minimum Gasteiger partial charge on any atom is -0.390 e. The Hall–Kier alpha value is -1.05. The van der Waals surface area contributed by atoms with Crippen molar-refractivity contribution in [2.24, 2.45) is 0 Å². The third kappa shape index (κ3) is 2.47. The summed E-state index contributed by atoms with van der Waals surface area (Å²) in [5.41, 5.74) is 0. The number of amides is 1. The van der Waals surface area contributed by atoms with Crippen molar-refractivity contribution >= 4 is 5.91 Å². The molecule has 1 fully saturated rings. The van der Waals surface area contributed by atoms with Crippen molar-refractivity contribution in [3.63, 3.8) is 0 Å². The molecule has 0 aromatic rings. The van der Waals surface area contributed by atoms with Gasteiger partial charge in [0.15, 0.2) is 0 Å². The number of carbonyl (C=O) groups excluding carboxylic acids is 1. The molecular weight excluding hydrogens is 180 g/mol. The van der Waals surface area contributed by atoms with E-state index in [2.05, 4.69) is 11.2 Å². The van der Waals surface area contributed by atoms with Gasteiger partial charge in [-0.15, -0.1) is 12.3 Å². The molecule has 1 rings (SSSR count). The van der Waals surface area contributed by atoms with Crippen LogP contribution in [0.3, 0.4) is 0 Å². The highest BCUT2D eigenvalue weighted by molar-refractivity contribution is 5.76. The summed E-state index contributed by atoms with van der Waals surface area (Å²) in [5.74, 6) is 2.43. The molecule has 1 amide bonds. The Labute approximate surface area is 84.3 Å². The fraction of sp³-hybridized carbons (Fsp3) is 0.700. The highest BCUT2D eigenvalue weighted by atomic mass is 16.3. The second kappa shape index (κ2) is 4.99. The summed E-state index contributed by atoms with van der Waals surface area (Å²) in [4.78, 5) is 13.1. The normalized spacial score (nSPS) is 25.8. The lowest BCUT2D eigenvalue weighted by Crippen LogP contribution is -2.44. The molecule has 0 unspecified atom stereocenters.